The SMILES string of the molecule is Cc1cc2c(-c3ccc[nH]c3=O)c(C(=O)O)n(Cc3cnc4[nH]ccc4c3Cl)c2cc1F. The molecule has 32 heavy (non-hydrogen) atoms. The summed E-state index contributed by atoms with van der Waals surface area (Å²) in [5.41, 5.74) is 1.69. The van der Waals surface area contributed by atoms with Crippen molar-refractivity contribution >= 4 is 39.5 Å². The number of benzene rings is 1. The van der Waals surface area contributed by atoms with E-state index in [1.165, 1.54) is 16.8 Å². The number of pyridine rings is 2. The lowest BCUT2D eigenvalue weighted by atomic mass is 10.0. The van der Waals surface area contributed by atoms with Crippen LogP contribution in [0.5, 0.6) is 0 Å². The summed E-state index contributed by atoms with van der Waals surface area (Å²) in [5.74, 6) is -1.73. The molecular weight excluding hydrogens is 435 g/mol. The van der Waals surface area contributed by atoms with Crippen LogP contribution < -0.4 is 5.56 Å². The molecule has 0 amide bonds. The lowest BCUT2D eigenvalue weighted by Gasteiger charge is -2.11. The number of nitrogens with one attached hydrogen (secondary N) is 2. The summed E-state index contributed by atoms with van der Waals surface area (Å²) < 4.78 is 16.0. The third kappa shape index (κ3) is 2.99. The van der Waals surface area contributed by atoms with E-state index in [0.717, 1.165) is 0 Å². The highest BCUT2D eigenvalue weighted by atomic mass is 35.5. The minimum Gasteiger partial charge on any atom is -0.477 e. The standard InChI is InChI=1S/C23H16ClFN4O3/c1-11-7-15-17(8-16(11)25)29(10-12-9-28-21-14(19(12)24)4-6-26-21)20(23(31)32)18(15)13-3-2-5-27-22(13)30/h2-9H,10H2,1H3,(H,26,28)(H,27,30)(H,31,32). The Hall–Kier alpha value is -3.91. The number of aryl methyl sites for hydroxylation is 1. The molecule has 0 aliphatic carbocycles. The molecule has 160 valence electrons. The summed E-state index contributed by atoms with van der Waals surface area (Å²) in [5, 5.41) is 11.7. The summed E-state index contributed by atoms with van der Waals surface area (Å²) >= 11 is 6.57. The van der Waals surface area contributed by atoms with E-state index in [4.69, 9.17) is 11.6 Å². The molecule has 0 saturated heterocycles. The normalized spacial score (nSPS) is 11.5. The second kappa shape index (κ2) is 7.35. The minimum absolute atomic E-state index is 0.0261. The van der Waals surface area contributed by atoms with E-state index in [0.29, 0.717) is 38.1 Å². The largest absolute Gasteiger partial charge is 0.477 e. The van der Waals surface area contributed by atoms with Gasteiger partial charge in [-0.05, 0) is 42.8 Å². The molecule has 0 fully saturated rings. The molecule has 0 aliphatic rings. The molecule has 0 atom stereocenters. The van der Waals surface area contributed by atoms with E-state index >= 15 is 0 Å². The van der Waals surface area contributed by atoms with Crippen molar-refractivity contribution in [3.8, 4) is 11.1 Å². The van der Waals surface area contributed by atoms with Crippen molar-refractivity contribution in [3.63, 3.8) is 0 Å². The first-order valence-electron chi connectivity index (χ1n) is 9.71. The molecule has 4 aromatic heterocycles. The predicted molar refractivity (Wildman–Crippen MR) is 120 cm³/mol. The zero-order valence-corrected chi connectivity index (χ0v) is 17.5. The molecule has 5 rings (SSSR count). The molecule has 0 saturated carbocycles. The average molecular weight is 451 g/mol. The smallest absolute Gasteiger partial charge is 0.353 e. The number of hydrogen-bond donors (Lipinski definition) is 3. The molecule has 1 aromatic carbocycles. The number of aromatic carboxylic acids is 1. The fraction of sp³-hybridized carbons (Fsp3) is 0.0870. The number of carbonyl (C=O) groups is 1. The summed E-state index contributed by atoms with van der Waals surface area (Å²) in [6.45, 7) is 1.62. The number of fused-ring (bicyclic) bond motifs is 2. The summed E-state index contributed by atoms with van der Waals surface area (Å²) in [4.78, 5) is 34.9. The predicted octanol–water partition coefficient (Wildman–Crippen LogP) is 4.72. The quantitative estimate of drug-likeness (QED) is 0.368. The maximum atomic E-state index is 14.6. The van der Waals surface area contributed by atoms with E-state index in [1.807, 2.05) is 0 Å². The average Bonchev–Trinajstić information content (AvgIpc) is 3.35. The van der Waals surface area contributed by atoms with Crippen molar-refractivity contribution in [2.24, 2.45) is 0 Å². The molecule has 3 N–H and O–H groups in total. The molecule has 0 spiro atoms. The zero-order valence-electron chi connectivity index (χ0n) is 16.7. The summed E-state index contributed by atoms with van der Waals surface area (Å²) in [6.07, 6.45) is 4.73. The zero-order chi connectivity index (χ0) is 22.6. The Balaban J connectivity index is 1.85. The van der Waals surface area contributed by atoms with Crippen LogP contribution in [-0.2, 0) is 6.54 Å². The van der Waals surface area contributed by atoms with E-state index in [1.54, 1.807) is 43.6 Å². The van der Waals surface area contributed by atoms with Gasteiger partial charge < -0.3 is 19.6 Å². The first kappa shape index (κ1) is 20.0. The van der Waals surface area contributed by atoms with Gasteiger partial charge in [-0.25, -0.2) is 14.2 Å². The molecule has 7 nitrogen and oxygen atoms in total. The molecular formula is C23H16ClFN4O3. The molecule has 0 unspecified atom stereocenters. The second-order valence-electron chi connectivity index (χ2n) is 7.48. The van der Waals surface area contributed by atoms with Gasteiger partial charge in [0.1, 0.15) is 17.2 Å². The van der Waals surface area contributed by atoms with Crippen molar-refractivity contribution < 1.29 is 14.3 Å². The highest BCUT2D eigenvalue weighted by molar-refractivity contribution is 6.36. The van der Waals surface area contributed by atoms with Gasteiger partial charge in [-0.15, -0.1) is 0 Å². The summed E-state index contributed by atoms with van der Waals surface area (Å²) in [6, 6.07) is 7.78. The number of H-pyrrole nitrogens is 2. The Morgan fingerprint density at radius 1 is 1.22 bits per heavy atom. The highest BCUT2D eigenvalue weighted by Crippen LogP contribution is 2.36. The summed E-state index contributed by atoms with van der Waals surface area (Å²) in [7, 11) is 0. The Kier molecular flexibility index (Phi) is 4.60. The first-order valence-corrected chi connectivity index (χ1v) is 10.1. The van der Waals surface area contributed by atoms with Gasteiger partial charge >= 0.3 is 5.97 Å². The van der Waals surface area contributed by atoms with E-state index < -0.39 is 17.3 Å². The molecule has 9 heteroatoms. The second-order valence-corrected chi connectivity index (χ2v) is 7.86. The lowest BCUT2D eigenvalue weighted by molar-refractivity contribution is 0.0687. The highest BCUT2D eigenvalue weighted by Gasteiger charge is 2.26. The van der Waals surface area contributed by atoms with Gasteiger partial charge in [0, 0.05) is 46.1 Å². The third-order valence-electron chi connectivity index (χ3n) is 5.56. The van der Waals surface area contributed by atoms with Crippen LogP contribution in [0.3, 0.4) is 0 Å². The number of aromatic nitrogens is 4. The van der Waals surface area contributed by atoms with Crippen molar-refractivity contribution in [3.05, 3.63) is 86.9 Å². The van der Waals surface area contributed by atoms with Crippen LogP contribution in [0.15, 0.2) is 53.7 Å². The van der Waals surface area contributed by atoms with Gasteiger partial charge in [0.2, 0.25) is 0 Å². The fourth-order valence-corrected chi connectivity index (χ4v) is 4.31. The number of halogens is 2. The Morgan fingerprint density at radius 3 is 2.78 bits per heavy atom. The van der Waals surface area contributed by atoms with Gasteiger partial charge in [-0.2, -0.15) is 0 Å². The van der Waals surface area contributed by atoms with Crippen LogP contribution >= 0.6 is 11.6 Å². The fourth-order valence-electron chi connectivity index (χ4n) is 4.05. The molecule has 4 heterocycles. The lowest BCUT2D eigenvalue weighted by Crippen LogP contribution is -2.14. The minimum atomic E-state index is -1.25. The van der Waals surface area contributed by atoms with Crippen molar-refractivity contribution in [1.82, 2.24) is 19.5 Å². The first-order chi connectivity index (χ1) is 15.4. The van der Waals surface area contributed by atoms with E-state index in [2.05, 4.69) is 15.0 Å². The number of carboxylic acids is 1. The molecule has 0 bridgehead atoms. The topological polar surface area (TPSA) is 104 Å². The van der Waals surface area contributed by atoms with Crippen LogP contribution in [0, 0.1) is 12.7 Å². The molecule has 5 aromatic rings. The number of hydrogen-bond acceptors (Lipinski definition) is 3. The third-order valence-corrected chi connectivity index (χ3v) is 6.00. The van der Waals surface area contributed by atoms with Crippen molar-refractivity contribution in [1.29, 1.82) is 0 Å². The Labute approximate surface area is 185 Å². The Morgan fingerprint density at radius 2 is 2.03 bits per heavy atom. The number of aromatic amines is 2. The van der Waals surface area contributed by atoms with Crippen LogP contribution in [0.2, 0.25) is 5.02 Å². The van der Waals surface area contributed by atoms with E-state index in [-0.39, 0.29) is 23.4 Å². The van der Waals surface area contributed by atoms with Gasteiger partial charge in [0.05, 0.1) is 17.1 Å². The van der Waals surface area contributed by atoms with E-state index in [9.17, 15) is 19.1 Å². The van der Waals surface area contributed by atoms with Crippen LogP contribution in [0.4, 0.5) is 4.39 Å². The Bertz CT molecular complexity index is 1600. The number of rotatable bonds is 4. The van der Waals surface area contributed by atoms with Crippen molar-refractivity contribution in [2.75, 3.05) is 0 Å². The van der Waals surface area contributed by atoms with Crippen LogP contribution in [0.25, 0.3) is 33.1 Å². The van der Waals surface area contributed by atoms with Gasteiger partial charge in [-0.3, -0.25) is 4.79 Å². The van der Waals surface area contributed by atoms with Gasteiger partial charge in [0.15, 0.2) is 0 Å². The van der Waals surface area contributed by atoms with Gasteiger partial charge in [0.25, 0.3) is 5.56 Å². The monoisotopic (exact) mass is 450 g/mol. The number of nitrogens with zero attached hydrogens (tertiary/aromatic N) is 2. The maximum absolute atomic E-state index is 14.6. The number of carboxylic acid groups (broad SMARTS) is 1. The maximum Gasteiger partial charge on any atom is 0.353 e. The molecule has 0 aliphatic heterocycles. The van der Waals surface area contributed by atoms with Gasteiger partial charge in [-0.1, -0.05) is 11.6 Å². The van der Waals surface area contributed by atoms with Crippen LogP contribution in [0.1, 0.15) is 21.6 Å². The van der Waals surface area contributed by atoms with Crippen LogP contribution in [-0.4, -0.2) is 30.6 Å². The molecule has 0 radical (unpaired) electrons. The van der Waals surface area contributed by atoms with Crippen molar-refractivity contribution in [2.45, 2.75) is 13.5 Å².